The van der Waals surface area contributed by atoms with Crippen LogP contribution in [0.5, 0.6) is 0 Å². The summed E-state index contributed by atoms with van der Waals surface area (Å²) in [5.74, 6) is -0.0452. The van der Waals surface area contributed by atoms with Crippen LogP contribution in [0.1, 0.15) is 12.6 Å². The van der Waals surface area contributed by atoms with Crippen LogP contribution in [0.4, 0.5) is 10.8 Å². The van der Waals surface area contributed by atoms with E-state index in [1.54, 1.807) is 0 Å². The molecule has 1 atom stereocenters. The first-order valence-corrected chi connectivity index (χ1v) is 7.56. The summed E-state index contributed by atoms with van der Waals surface area (Å²) in [6.07, 6.45) is 0. The maximum Gasteiger partial charge on any atom is 0.239 e. The summed E-state index contributed by atoms with van der Waals surface area (Å²) in [7, 11) is 0. The summed E-state index contributed by atoms with van der Waals surface area (Å²) in [4.78, 5) is 17.2. The second-order valence-electron chi connectivity index (χ2n) is 4.11. The van der Waals surface area contributed by atoms with Crippen LogP contribution in [0.25, 0.3) is 0 Å². The lowest BCUT2D eigenvalue weighted by Gasteiger charge is -2.10. The van der Waals surface area contributed by atoms with E-state index in [2.05, 4.69) is 10.3 Å². The first-order chi connectivity index (χ1) is 9.04. The van der Waals surface area contributed by atoms with Gasteiger partial charge < -0.3 is 11.1 Å². The number of thiazole rings is 1. The number of nitrogens with two attached hydrogens (primary N) is 1. The van der Waals surface area contributed by atoms with Gasteiger partial charge in [-0.3, -0.25) is 4.79 Å². The molecular weight excluding hydrogens is 278 g/mol. The molecule has 1 unspecified atom stereocenters. The zero-order valence-electron chi connectivity index (χ0n) is 10.7. The van der Waals surface area contributed by atoms with Crippen molar-refractivity contribution >= 4 is 39.8 Å². The van der Waals surface area contributed by atoms with E-state index in [0.29, 0.717) is 5.13 Å². The number of rotatable bonds is 4. The lowest BCUT2D eigenvalue weighted by molar-refractivity contribution is -0.115. The number of benzene rings is 1. The number of hydrogen-bond donors (Lipinski definition) is 2. The Hall–Kier alpha value is -1.53. The second kappa shape index (κ2) is 6.08. The number of nitrogens with zero attached hydrogens (tertiary/aromatic N) is 1. The fourth-order valence-corrected chi connectivity index (χ4v) is 2.98. The van der Waals surface area contributed by atoms with Crippen LogP contribution in [-0.2, 0) is 4.79 Å². The zero-order chi connectivity index (χ0) is 13.8. The van der Waals surface area contributed by atoms with Crippen molar-refractivity contribution in [3.63, 3.8) is 0 Å². The molecule has 6 heteroatoms. The van der Waals surface area contributed by atoms with Crippen molar-refractivity contribution in [1.82, 2.24) is 4.98 Å². The molecule has 19 heavy (non-hydrogen) atoms. The van der Waals surface area contributed by atoms with Gasteiger partial charge in [-0.1, -0.05) is 0 Å². The van der Waals surface area contributed by atoms with E-state index in [1.165, 1.54) is 23.1 Å². The zero-order valence-corrected chi connectivity index (χ0v) is 12.3. The Morgan fingerprint density at radius 1 is 1.42 bits per heavy atom. The Labute approximate surface area is 120 Å². The number of anilines is 2. The lowest BCUT2D eigenvalue weighted by Crippen LogP contribution is -2.22. The van der Waals surface area contributed by atoms with Crippen LogP contribution in [0.15, 0.2) is 34.5 Å². The molecule has 0 aliphatic heterocycles. The van der Waals surface area contributed by atoms with Crippen molar-refractivity contribution in [2.24, 2.45) is 0 Å². The Balaban J connectivity index is 1.94. The molecule has 0 saturated carbocycles. The molecule has 3 N–H and O–H groups in total. The van der Waals surface area contributed by atoms with Crippen molar-refractivity contribution in [1.29, 1.82) is 0 Å². The molecular formula is C13H15N3OS2. The van der Waals surface area contributed by atoms with Gasteiger partial charge in [-0.05, 0) is 38.1 Å². The molecule has 2 rings (SSSR count). The normalized spacial score (nSPS) is 12.1. The summed E-state index contributed by atoms with van der Waals surface area (Å²) in [5.41, 5.74) is 7.26. The highest BCUT2D eigenvalue weighted by Crippen LogP contribution is 2.25. The number of nitrogens with one attached hydrogen (secondary N) is 1. The molecule has 2 aromatic rings. The van der Waals surface area contributed by atoms with Gasteiger partial charge in [0.05, 0.1) is 10.9 Å². The number of carbonyl (C=O) groups excluding carboxylic acids is 1. The fourth-order valence-electron chi connectivity index (χ4n) is 1.42. The Kier molecular flexibility index (Phi) is 4.44. The van der Waals surface area contributed by atoms with E-state index < -0.39 is 0 Å². The molecule has 0 aliphatic rings. The maximum atomic E-state index is 12.0. The van der Waals surface area contributed by atoms with Crippen LogP contribution in [0.3, 0.4) is 0 Å². The molecule has 100 valence electrons. The third kappa shape index (κ3) is 3.97. The van der Waals surface area contributed by atoms with E-state index in [1.807, 2.05) is 43.5 Å². The molecule has 4 nitrogen and oxygen atoms in total. The highest BCUT2D eigenvalue weighted by Gasteiger charge is 2.15. The molecule has 1 aromatic heterocycles. The number of nitrogen functional groups attached to an aromatic ring is 1. The minimum atomic E-state index is -0.187. The standard InChI is InChI=1S/C13H15N3OS2/c1-8-7-18-13(15-8)16-12(17)9(2)19-11-5-3-10(14)4-6-11/h3-7,9H,14H2,1-2H3,(H,15,16,17). The second-order valence-corrected chi connectivity index (χ2v) is 6.38. The number of amides is 1. The maximum absolute atomic E-state index is 12.0. The van der Waals surface area contributed by atoms with Crippen LogP contribution in [-0.4, -0.2) is 16.1 Å². The Morgan fingerprint density at radius 3 is 2.68 bits per heavy atom. The molecule has 1 aromatic carbocycles. The van der Waals surface area contributed by atoms with E-state index in [9.17, 15) is 4.79 Å². The first-order valence-electron chi connectivity index (χ1n) is 5.80. The topological polar surface area (TPSA) is 68.0 Å². The highest BCUT2D eigenvalue weighted by molar-refractivity contribution is 8.00. The average molecular weight is 293 g/mol. The van der Waals surface area contributed by atoms with Crippen LogP contribution in [0.2, 0.25) is 0 Å². The quantitative estimate of drug-likeness (QED) is 0.671. The minimum absolute atomic E-state index is 0.0452. The van der Waals surface area contributed by atoms with Crippen molar-refractivity contribution in [2.75, 3.05) is 11.1 Å². The summed E-state index contributed by atoms with van der Waals surface area (Å²) in [6, 6.07) is 7.49. The number of aromatic nitrogens is 1. The van der Waals surface area contributed by atoms with Crippen LogP contribution < -0.4 is 11.1 Å². The van der Waals surface area contributed by atoms with Crippen LogP contribution in [0, 0.1) is 6.92 Å². The van der Waals surface area contributed by atoms with Crippen molar-refractivity contribution in [3.8, 4) is 0 Å². The molecule has 1 amide bonds. The van der Waals surface area contributed by atoms with Gasteiger partial charge in [0.2, 0.25) is 5.91 Å². The van der Waals surface area contributed by atoms with Gasteiger partial charge in [-0.25, -0.2) is 4.98 Å². The first kappa shape index (κ1) is 13.9. The molecule has 0 radical (unpaired) electrons. The summed E-state index contributed by atoms with van der Waals surface area (Å²) in [5, 5.41) is 5.19. The molecule has 0 aliphatic carbocycles. The van der Waals surface area contributed by atoms with E-state index in [4.69, 9.17) is 5.73 Å². The Morgan fingerprint density at radius 2 is 2.11 bits per heavy atom. The van der Waals surface area contributed by atoms with Gasteiger partial charge in [-0.15, -0.1) is 23.1 Å². The third-order valence-electron chi connectivity index (χ3n) is 2.41. The molecule has 0 fully saturated rings. The van der Waals surface area contributed by atoms with Gasteiger partial charge >= 0.3 is 0 Å². The predicted molar refractivity (Wildman–Crippen MR) is 81.7 cm³/mol. The molecule has 0 saturated heterocycles. The third-order valence-corrected chi connectivity index (χ3v) is 4.40. The summed E-state index contributed by atoms with van der Waals surface area (Å²) in [6.45, 7) is 3.77. The average Bonchev–Trinajstić information content (AvgIpc) is 2.77. The summed E-state index contributed by atoms with van der Waals surface area (Å²) < 4.78 is 0. The summed E-state index contributed by atoms with van der Waals surface area (Å²) >= 11 is 2.93. The van der Waals surface area contributed by atoms with Crippen molar-refractivity contribution in [3.05, 3.63) is 35.3 Å². The SMILES string of the molecule is Cc1csc(NC(=O)C(C)Sc2ccc(N)cc2)n1. The highest BCUT2D eigenvalue weighted by atomic mass is 32.2. The van der Waals surface area contributed by atoms with Gasteiger partial charge in [0.25, 0.3) is 0 Å². The monoisotopic (exact) mass is 293 g/mol. The lowest BCUT2D eigenvalue weighted by atomic mass is 10.3. The van der Waals surface area contributed by atoms with Gasteiger partial charge in [-0.2, -0.15) is 0 Å². The Bertz CT molecular complexity index is 566. The minimum Gasteiger partial charge on any atom is -0.399 e. The smallest absolute Gasteiger partial charge is 0.239 e. The fraction of sp³-hybridized carbons (Fsp3) is 0.231. The van der Waals surface area contributed by atoms with Crippen LogP contribution >= 0.6 is 23.1 Å². The number of carbonyl (C=O) groups is 1. The molecule has 0 spiro atoms. The number of hydrogen-bond acceptors (Lipinski definition) is 5. The molecule has 0 bridgehead atoms. The van der Waals surface area contributed by atoms with Gasteiger partial charge in [0.15, 0.2) is 5.13 Å². The van der Waals surface area contributed by atoms with E-state index in [-0.39, 0.29) is 11.2 Å². The van der Waals surface area contributed by atoms with Gasteiger partial charge in [0, 0.05) is 16.0 Å². The number of aryl methyl sites for hydroxylation is 1. The predicted octanol–water partition coefficient (Wildman–Crippen LogP) is 3.15. The molecule has 1 heterocycles. The van der Waals surface area contributed by atoms with E-state index in [0.717, 1.165) is 16.3 Å². The number of thioether (sulfide) groups is 1. The van der Waals surface area contributed by atoms with Gasteiger partial charge in [0.1, 0.15) is 0 Å². The van der Waals surface area contributed by atoms with E-state index >= 15 is 0 Å². The largest absolute Gasteiger partial charge is 0.399 e. The van der Waals surface area contributed by atoms with Crippen molar-refractivity contribution < 1.29 is 4.79 Å². The van der Waals surface area contributed by atoms with Crippen molar-refractivity contribution in [2.45, 2.75) is 24.0 Å².